The van der Waals surface area contributed by atoms with Gasteiger partial charge in [0.1, 0.15) is 4.88 Å². The van der Waals surface area contributed by atoms with Gasteiger partial charge in [0.05, 0.1) is 11.7 Å². The predicted molar refractivity (Wildman–Crippen MR) is 40.4 cm³/mol. The Morgan fingerprint density at radius 3 is 3.00 bits per heavy atom. The maximum absolute atomic E-state index is 5.45. The van der Waals surface area contributed by atoms with E-state index in [0.29, 0.717) is 5.89 Å². The zero-order valence-electron chi connectivity index (χ0n) is 5.19. The number of aromatic nitrogens is 3. The summed E-state index contributed by atoms with van der Waals surface area (Å²) in [7, 11) is 0. The second-order valence-corrected chi connectivity index (χ2v) is 2.96. The van der Waals surface area contributed by atoms with Crippen LogP contribution in [0.25, 0.3) is 10.8 Å². The third-order valence-electron chi connectivity index (χ3n) is 1.04. The molecule has 0 aliphatic carbocycles. The molecule has 2 heterocycles. The molecule has 4 nitrogen and oxygen atoms in total. The van der Waals surface area contributed by atoms with Crippen LogP contribution in [0.2, 0.25) is 5.28 Å². The molecule has 0 saturated carbocycles. The molecule has 0 unspecified atom stereocenters. The van der Waals surface area contributed by atoms with Crippen LogP contribution in [0.4, 0.5) is 0 Å². The molecule has 0 N–H and O–H groups in total. The fraction of sp³-hybridized carbons (Fsp3) is 0. The van der Waals surface area contributed by atoms with Crippen molar-refractivity contribution in [1.82, 2.24) is 15.1 Å². The van der Waals surface area contributed by atoms with Gasteiger partial charge in [-0.05, 0) is 16.8 Å². The minimum Gasteiger partial charge on any atom is -0.332 e. The Kier molecular flexibility index (Phi) is 1.59. The fourth-order valence-electron chi connectivity index (χ4n) is 0.627. The van der Waals surface area contributed by atoms with E-state index < -0.39 is 0 Å². The fourth-order valence-corrected chi connectivity index (χ4v) is 1.28. The first-order valence-electron chi connectivity index (χ1n) is 2.74. The van der Waals surface area contributed by atoms with Gasteiger partial charge in [0.2, 0.25) is 0 Å². The van der Waals surface area contributed by atoms with Gasteiger partial charge in [-0.3, -0.25) is 4.98 Å². The highest BCUT2D eigenvalue weighted by molar-refractivity contribution is 7.13. The summed E-state index contributed by atoms with van der Waals surface area (Å²) < 4.78 is 4.79. The van der Waals surface area contributed by atoms with E-state index in [1.165, 1.54) is 11.3 Å². The Morgan fingerprint density at radius 2 is 2.45 bits per heavy atom. The summed E-state index contributed by atoms with van der Waals surface area (Å²) in [6.45, 7) is 0. The van der Waals surface area contributed by atoms with Crippen LogP contribution in [-0.4, -0.2) is 15.1 Å². The van der Waals surface area contributed by atoms with Gasteiger partial charge < -0.3 is 4.52 Å². The number of rotatable bonds is 1. The van der Waals surface area contributed by atoms with Crippen molar-refractivity contribution < 1.29 is 4.52 Å². The van der Waals surface area contributed by atoms with Crippen LogP contribution in [0.15, 0.2) is 16.2 Å². The van der Waals surface area contributed by atoms with Crippen molar-refractivity contribution in [3.05, 3.63) is 17.0 Å². The smallest absolute Gasteiger partial charge is 0.270 e. The Morgan fingerprint density at radius 1 is 1.55 bits per heavy atom. The molecule has 0 atom stereocenters. The van der Waals surface area contributed by atoms with Crippen molar-refractivity contribution in [3.8, 4) is 10.8 Å². The maximum Gasteiger partial charge on any atom is 0.270 e. The van der Waals surface area contributed by atoms with Crippen molar-refractivity contribution in [3.63, 3.8) is 0 Å². The minimum atomic E-state index is 0.119. The van der Waals surface area contributed by atoms with E-state index in [1.807, 2.05) is 0 Å². The van der Waals surface area contributed by atoms with Crippen LogP contribution in [-0.2, 0) is 0 Å². The normalized spacial score (nSPS) is 10.3. The SMILES string of the molecule is Clc1noc(-c2cncs2)n1. The van der Waals surface area contributed by atoms with Crippen LogP contribution < -0.4 is 0 Å². The van der Waals surface area contributed by atoms with Crippen LogP contribution in [0, 0.1) is 0 Å². The van der Waals surface area contributed by atoms with Crippen molar-refractivity contribution in [1.29, 1.82) is 0 Å². The highest BCUT2D eigenvalue weighted by atomic mass is 35.5. The molecule has 56 valence electrons. The van der Waals surface area contributed by atoms with E-state index in [2.05, 4.69) is 15.1 Å². The number of nitrogens with zero attached hydrogens (tertiary/aromatic N) is 3. The van der Waals surface area contributed by atoms with Gasteiger partial charge in [0.25, 0.3) is 11.2 Å². The Balaban J connectivity index is 2.45. The lowest BCUT2D eigenvalue weighted by Gasteiger charge is -1.79. The first kappa shape index (κ1) is 6.75. The predicted octanol–water partition coefficient (Wildman–Crippen LogP) is 1.85. The van der Waals surface area contributed by atoms with E-state index in [4.69, 9.17) is 16.1 Å². The van der Waals surface area contributed by atoms with Gasteiger partial charge in [0.15, 0.2) is 0 Å². The van der Waals surface area contributed by atoms with Gasteiger partial charge in [-0.25, -0.2) is 0 Å². The topological polar surface area (TPSA) is 51.8 Å². The largest absolute Gasteiger partial charge is 0.332 e. The molecule has 2 aromatic rings. The summed E-state index contributed by atoms with van der Waals surface area (Å²) in [6.07, 6.45) is 1.65. The van der Waals surface area contributed by atoms with Crippen molar-refractivity contribution in [2.45, 2.75) is 0 Å². The standard InChI is InChI=1S/C5H2ClN3OS/c6-5-8-4(10-9-5)3-1-7-2-11-3/h1-2H. The monoisotopic (exact) mass is 187 g/mol. The van der Waals surface area contributed by atoms with Crippen LogP contribution in [0.3, 0.4) is 0 Å². The van der Waals surface area contributed by atoms with Gasteiger partial charge in [0, 0.05) is 0 Å². The van der Waals surface area contributed by atoms with E-state index in [0.717, 1.165) is 4.88 Å². The number of hydrogen-bond acceptors (Lipinski definition) is 5. The molecular formula is C5H2ClN3OS. The molecule has 0 aliphatic heterocycles. The average Bonchev–Trinajstić information content (AvgIpc) is 2.55. The third-order valence-corrected chi connectivity index (χ3v) is 1.96. The van der Waals surface area contributed by atoms with Gasteiger partial charge in [-0.2, -0.15) is 4.98 Å². The minimum absolute atomic E-state index is 0.119. The van der Waals surface area contributed by atoms with E-state index >= 15 is 0 Å². The Hall–Kier alpha value is -0.940. The molecule has 0 amide bonds. The lowest BCUT2D eigenvalue weighted by atomic mass is 10.6. The molecule has 0 saturated heterocycles. The van der Waals surface area contributed by atoms with Crippen molar-refractivity contribution in [2.24, 2.45) is 0 Å². The molecule has 6 heteroatoms. The zero-order chi connectivity index (χ0) is 7.68. The maximum atomic E-state index is 5.45. The van der Waals surface area contributed by atoms with E-state index in [1.54, 1.807) is 11.7 Å². The quantitative estimate of drug-likeness (QED) is 0.684. The lowest BCUT2D eigenvalue weighted by Crippen LogP contribution is -1.68. The Labute approximate surface area is 70.8 Å². The average molecular weight is 188 g/mol. The summed E-state index contributed by atoms with van der Waals surface area (Å²) in [5, 5.41) is 3.55. The van der Waals surface area contributed by atoms with Crippen LogP contribution >= 0.6 is 22.9 Å². The first-order valence-corrected chi connectivity index (χ1v) is 4.00. The summed E-state index contributed by atoms with van der Waals surface area (Å²) in [5.74, 6) is 0.414. The third kappa shape index (κ3) is 1.24. The van der Waals surface area contributed by atoms with Crippen molar-refractivity contribution in [2.75, 3.05) is 0 Å². The lowest BCUT2D eigenvalue weighted by molar-refractivity contribution is 0.431. The summed E-state index contributed by atoms with van der Waals surface area (Å²) in [4.78, 5) is 8.49. The van der Waals surface area contributed by atoms with Gasteiger partial charge >= 0.3 is 0 Å². The molecule has 0 bridgehead atoms. The molecule has 11 heavy (non-hydrogen) atoms. The highest BCUT2D eigenvalue weighted by Gasteiger charge is 2.07. The molecule has 2 aromatic heterocycles. The molecule has 0 radical (unpaired) electrons. The summed E-state index contributed by atoms with van der Waals surface area (Å²) >= 11 is 6.87. The number of halogens is 1. The van der Waals surface area contributed by atoms with Gasteiger partial charge in [-0.15, -0.1) is 11.3 Å². The molecule has 2 rings (SSSR count). The molecule has 0 aliphatic rings. The first-order chi connectivity index (χ1) is 5.36. The number of thiazole rings is 1. The molecule has 0 aromatic carbocycles. The summed E-state index contributed by atoms with van der Waals surface area (Å²) in [5.41, 5.74) is 1.69. The van der Waals surface area contributed by atoms with E-state index in [9.17, 15) is 0 Å². The highest BCUT2D eigenvalue weighted by Crippen LogP contribution is 2.21. The van der Waals surface area contributed by atoms with E-state index in [-0.39, 0.29) is 5.28 Å². The molecule has 0 spiro atoms. The summed E-state index contributed by atoms with van der Waals surface area (Å²) in [6, 6.07) is 0. The van der Waals surface area contributed by atoms with Crippen LogP contribution in [0.1, 0.15) is 0 Å². The number of hydrogen-bond donors (Lipinski definition) is 0. The van der Waals surface area contributed by atoms with Crippen LogP contribution in [0.5, 0.6) is 0 Å². The Bertz CT molecular complexity index is 344. The van der Waals surface area contributed by atoms with Gasteiger partial charge in [-0.1, -0.05) is 0 Å². The molecule has 0 fully saturated rings. The second-order valence-electron chi connectivity index (χ2n) is 1.73. The zero-order valence-corrected chi connectivity index (χ0v) is 6.76. The van der Waals surface area contributed by atoms with Crippen molar-refractivity contribution >= 4 is 22.9 Å². The molecular weight excluding hydrogens is 186 g/mol. The second kappa shape index (κ2) is 2.60.